The molecule has 0 radical (unpaired) electrons. The van der Waals surface area contributed by atoms with Crippen molar-refractivity contribution in [3.05, 3.63) is 30.3 Å². The van der Waals surface area contributed by atoms with Crippen LogP contribution in [0.15, 0.2) is 30.3 Å². The fourth-order valence-electron chi connectivity index (χ4n) is 2.31. The van der Waals surface area contributed by atoms with E-state index in [-0.39, 0.29) is 29.2 Å². The summed E-state index contributed by atoms with van der Waals surface area (Å²) >= 11 is 1.31. The van der Waals surface area contributed by atoms with Crippen molar-refractivity contribution in [3.8, 4) is 0 Å². The van der Waals surface area contributed by atoms with Gasteiger partial charge in [-0.2, -0.15) is 0 Å². The largest absolute Gasteiger partial charge is 0.339 e. The second-order valence-corrected chi connectivity index (χ2v) is 6.28. The highest BCUT2D eigenvalue weighted by Crippen LogP contribution is 2.09. The first-order valence-electron chi connectivity index (χ1n) is 7.52. The molecule has 3 amide bonds. The van der Waals surface area contributed by atoms with E-state index in [0.29, 0.717) is 26.2 Å². The molecule has 0 spiro atoms. The lowest BCUT2D eigenvalue weighted by Gasteiger charge is -2.34. The van der Waals surface area contributed by atoms with E-state index < -0.39 is 0 Å². The van der Waals surface area contributed by atoms with Crippen LogP contribution in [0.4, 0.5) is 5.69 Å². The first-order chi connectivity index (χ1) is 11.1. The number of carbonyl (C=O) groups excluding carboxylic acids is 3. The van der Waals surface area contributed by atoms with E-state index in [9.17, 15) is 14.4 Å². The molecule has 6 nitrogen and oxygen atoms in total. The number of nitrogens with one attached hydrogen (secondary N) is 1. The van der Waals surface area contributed by atoms with Crippen molar-refractivity contribution in [1.82, 2.24) is 9.80 Å². The van der Waals surface area contributed by atoms with E-state index >= 15 is 0 Å². The maximum atomic E-state index is 12.1. The third kappa shape index (κ3) is 5.59. The van der Waals surface area contributed by atoms with Crippen molar-refractivity contribution in [2.24, 2.45) is 0 Å². The Morgan fingerprint density at radius 2 is 1.61 bits per heavy atom. The summed E-state index contributed by atoms with van der Waals surface area (Å²) in [6.45, 7) is 3.84. The Hall–Kier alpha value is -2.02. The lowest BCUT2D eigenvalue weighted by atomic mass is 10.3. The minimum atomic E-state index is -0.115. The molecule has 0 aliphatic carbocycles. The number of benzene rings is 1. The van der Waals surface area contributed by atoms with Gasteiger partial charge in [0.25, 0.3) is 0 Å². The molecule has 0 unspecified atom stereocenters. The Labute approximate surface area is 140 Å². The molecule has 1 saturated heterocycles. The van der Waals surface area contributed by atoms with E-state index in [2.05, 4.69) is 5.32 Å². The molecule has 1 aromatic carbocycles. The van der Waals surface area contributed by atoms with Gasteiger partial charge in [-0.15, -0.1) is 11.8 Å². The number of hydrogen-bond acceptors (Lipinski definition) is 4. The zero-order valence-corrected chi connectivity index (χ0v) is 14.0. The second-order valence-electron chi connectivity index (χ2n) is 5.29. The van der Waals surface area contributed by atoms with E-state index in [1.165, 1.54) is 11.8 Å². The number of piperazine rings is 1. The number of hydrogen-bond donors (Lipinski definition) is 1. The van der Waals surface area contributed by atoms with Crippen molar-refractivity contribution in [2.45, 2.75) is 6.92 Å². The highest BCUT2D eigenvalue weighted by molar-refractivity contribution is 8.00. The first-order valence-corrected chi connectivity index (χ1v) is 8.67. The zero-order chi connectivity index (χ0) is 16.7. The van der Waals surface area contributed by atoms with Crippen LogP contribution in [-0.2, 0) is 14.4 Å². The average Bonchev–Trinajstić information content (AvgIpc) is 2.55. The highest BCUT2D eigenvalue weighted by atomic mass is 32.2. The Balaban J connectivity index is 1.65. The van der Waals surface area contributed by atoms with Crippen LogP contribution in [0.2, 0.25) is 0 Å². The number of amides is 3. The van der Waals surface area contributed by atoms with Gasteiger partial charge >= 0.3 is 0 Å². The molecular weight excluding hydrogens is 314 g/mol. The van der Waals surface area contributed by atoms with Crippen LogP contribution in [0.25, 0.3) is 0 Å². The zero-order valence-electron chi connectivity index (χ0n) is 13.2. The van der Waals surface area contributed by atoms with Gasteiger partial charge in [-0.05, 0) is 12.1 Å². The van der Waals surface area contributed by atoms with Crippen LogP contribution in [-0.4, -0.2) is 65.2 Å². The molecule has 124 valence electrons. The van der Waals surface area contributed by atoms with E-state index in [1.807, 2.05) is 30.3 Å². The van der Waals surface area contributed by atoms with Crippen molar-refractivity contribution >= 4 is 35.2 Å². The van der Waals surface area contributed by atoms with Gasteiger partial charge in [0, 0.05) is 38.8 Å². The molecule has 1 N–H and O–H groups in total. The summed E-state index contributed by atoms with van der Waals surface area (Å²) < 4.78 is 0. The molecule has 1 heterocycles. The van der Waals surface area contributed by atoms with Crippen LogP contribution in [0, 0.1) is 0 Å². The summed E-state index contributed by atoms with van der Waals surface area (Å²) in [7, 11) is 0. The molecule has 1 aliphatic heterocycles. The van der Waals surface area contributed by atoms with Gasteiger partial charge in [0.05, 0.1) is 11.5 Å². The van der Waals surface area contributed by atoms with Crippen molar-refractivity contribution in [2.75, 3.05) is 43.0 Å². The molecule has 23 heavy (non-hydrogen) atoms. The van der Waals surface area contributed by atoms with Crippen molar-refractivity contribution in [1.29, 1.82) is 0 Å². The molecule has 1 aliphatic rings. The van der Waals surface area contributed by atoms with Gasteiger partial charge in [0.1, 0.15) is 0 Å². The number of anilines is 1. The Morgan fingerprint density at radius 3 is 2.22 bits per heavy atom. The molecule has 0 saturated carbocycles. The molecule has 0 bridgehead atoms. The average molecular weight is 335 g/mol. The maximum Gasteiger partial charge on any atom is 0.234 e. The van der Waals surface area contributed by atoms with Gasteiger partial charge in [0.15, 0.2) is 0 Å². The van der Waals surface area contributed by atoms with Gasteiger partial charge in [-0.1, -0.05) is 18.2 Å². The number of nitrogens with zero attached hydrogens (tertiary/aromatic N) is 2. The summed E-state index contributed by atoms with van der Waals surface area (Å²) in [6.07, 6.45) is 0. The maximum absolute atomic E-state index is 12.1. The molecule has 2 rings (SSSR count). The van der Waals surface area contributed by atoms with E-state index in [0.717, 1.165) is 5.69 Å². The Bertz CT molecular complexity index is 557. The van der Waals surface area contributed by atoms with Gasteiger partial charge < -0.3 is 15.1 Å². The third-order valence-electron chi connectivity index (χ3n) is 3.59. The highest BCUT2D eigenvalue weighted by Gasteiger charge is 2.22. The lowest BCUT2D eigenvalue weighted by Crippen LogP contribution is -2.50. The Morgan fingerprint density at radius 1 is 1.00 bits per heavy atom. The summed E-state index contributed by atoms with van der Waals surface area (Å²) in [6, 6.07) is 9.24. The SMILES string of the molecule is CC(=O)N1CCN(C(=O)CSCC(=O)Nc2ccccc2)CC1. The quantitative estimate of drug-likeness (QED) is 0.873. The monoisotopic (exact) mass is 335 g/mol. The summed E-state index contributed by atoms with van der Waals surface area (Å²) in [5.41, 5.74) is 0.754. The molecular formula is C16H21N3O3S. The summed E-state index contributed by atoms with van der Waals surface area (Å²) in [5, 5.41) is 2.78. The number of para-hydroxylation sites is 1. The summed E-state index contributed by atoms with van der Waals surface area (Å²) in [5.74, 6) is 0.473. The number of thioether (sulfide) groups is 1. The summed E-state index contributed by atoms with van der Waals surface area (Å²) in [4.78, 5) is 38.6. The van der Waals surface area contributed by atoms with Crippen molar-refractivity contribution < 1.29 is 14.4 Å². The topological polar surface area (TPSA) is 69.7 Å². The van der Waals surface area contributed by atoms with Crippen LogP contribution in [0.1, 0.15) is 6.92 Å². The predicted molar refractivity (Wildman–Crippen MR) is 91.2 cm³/mol. The first kappa shape index (κ1) is 17.3. The number of carbonyl (C=O) groups is 3. The minimum Gasteiger partial charge on any atom is -0.339 e. The standard InChI is InChI=1S/C16H21N3O3S/c1-13(20)18-7-9-19(10-8-18)16(22)12-23-11-15(21)17-14-5-3-2-4-6-14/h2-6H,7-12H2,1H3,(H,17,21). The molecule has 0 aromatic heterocycles. The van der Waals surface area contributed by atoms with Crippen LogP contribution < -0.4 is 5.32 Å². The van der Waals surface area contributed by atoms with Crippen LogP contribution >= 0.6 is 11.8 Å². The predicted octanol–water partition coefficient (Wildman–Crippen LogP) is 1.05. The normalized spacial score (nSPS) is 14.5. The third-order valence-corrected chi connectivity index (χ3v) is 4.51. The second kappa shape index (κ2) is 8.57. The fraction of sp³-hybridized carbons (Fsp3) is 0.438. The molecule has 1 fully saturated rings. The van der Waals surface area contributed by atoms with Crippen molar-refractivity contribution in [3.63, 3.8) is 0 Å². The lowest BCUT2D eigenvalue weighted by molar-refractivity contribution is -0.136. The number of rotatable bonds is 5. The van der Waals surface area contributed by atoms with Crippen LogP contribution in [0.3, 0.4) is 0 Å². The van der Waals surface area contributed by atoms with Gasteiger partial charge in [-0.25, -0.2) is 0 Å². The Kier molecular flexibility index (Phi) is 6.46. The minimum absolute atomic E-state index is 0.0192. The van der Waals surface area contributed by atoms with E-state index in [1.54, 1.807) is 16.7 Å². The van der Waals surface area contributed by atoms with Crippen LogP contribution in [0.5, 0.6) is 0 Å². The molecule has 0 atom stereocenters. The van der Waals surface area contributed by atoms with Gasteiger partial charge in [-0.3, -0.25) is 14.4 Å². The molecule has 7 heteroatoms. The van der Waals surface area contributed by atoms with Gasteiger partial charge in [0.2, 0.25) is 17.7 Å². The fourth-order valence-corrected chi connectivity index (χ4v) is 3.03. The van der Waals surface area contributed by atoms with E-state index in [4.69, 9.17) is 0 Å². The molecule has 1 aromatic rings. The smallest absolute Gasteiger partial charge is 0.234 e.